The van der Waals surface area contributed by atoms with Crippen molar-refractivity contribution >= 4 is 40.2 Å². The SMILES string of the molecule is COc1ccc2c(CCCCC3CC(c4cccs4)=CCN3)c[nH]c2c1.Cl. The number of rotatable bonds is 7. The smallest absolute Gasteiger partial charge is 0.120 e. The van der Waals surface area contributed by atoms with Gasteiger partial charge in [0.1, 0.15) is 5.75 Å². The van der Waals surface area contributed by atoms with Gasteiger partial charge in [-0.15, -0.1) is 23.7 Å². The van der Waals surface area contributed by atoms with Gasteiger partial charge in [0.15, 0.2) is 0 Å². The second-order valence-electron chi connectivity index (χ2n) is 6.99. The molecule has 1 aliphatic rings. The van der Waals surface area contributed by atoms with E-state index in [0.29, 0.717) is 6.04 Å². The van der Waals surface area contributed by atoms with Gasteiger partial charge in [0.05, 0.1) is 7.11 Å². The second-order valence-corrected chi connectivity index (χ2v) is 7.93. The lowest BCUT2D eigenvalue weighted by Crippen LogP contribution is -2.32. The van der Waals surface area contributed by atoms with Crippen LogP contribution in [0.15, 0.2) is 48.0 Å². The summed E-state index contributed by atoms with van der Waals surface area (Å²) in [4.78, 5) is 4.81. The summed E-state index contributed by atoms with van der Waals surface area (Å²) >= 11 is 1.85. The quantitative estimate of drug-likeness (QED) is 0.488. The third kappa shape index (κ3) is 4.75. The third-order valence-corrected chi connectivity index (χ3v) is 6.23. The molecule has 1 aromatic carbocycles. The number of aryl methyl sites for hydroxylation is 1. The first-order valence-electron chi connectivity index (χ1n) is 9.44. The molecule has 0 aliphatic carbocycles. The Balaban J connectivity index is 0.00000210. The van der Waals surface area contributed by atoms with Gasteiger partial charge in [-0.25, -0.2) is 0 Å². The van der Waals surface area contributed by atoms with Gasteiger partial charge in [-0.3, -0.25) is 0 Å². The predicted octanol–water partition coefficient (Wildman–Crippen LogP) is 5.82. The van der Waals surface area contributed by atoms with Crippen LogP contribution in [0.25, 0.3) is 16.5 Å². The molecule has 0 amide bonds. The van der Waals surface area contributed by atoms with Crippen LogP contribution >= 0.6 is 23.7 Å². The number of aromatic amines is 1. The number of halogens is 1. The van der Waals surface area contributed by atoms with Crippen LogP contribution < -0.4 is 10.1 Å². The molecular weight excluding hydrogens is 376 g/mol. The molecule has 1 atom stereocenters. The molecule has 0 saturated heterocycles. The van der Waals surface area contributed by atoms with Gasteiger partial charge >= 0.3 is 0 Å². The fraction of sp³-hybridized carbons (Fsp3) is 0.364. The Morgan fingerprint density at radius 3 is 2.96 bits per heavy atom. The highest BCUT2D eigenvalue weighted by Crippen LogP contribution is 2.28. The average molecular weight is 403 g/mol. The van der Waals surface area contributed by atoms with E-state index < -0.39 is 0 Å². The van der Waals surface area contributed by atoms with E-state index in [-0.39, 0.29) is 12.4 Å². The Morgan fingerprint density at radius 1 is 1.22 bits per heavy atom. The number of aromatic nitrogens is 1. The van der Waals surface area contributed by atoms with Crippen molar-refractivity contribution in [3.63, 3.8) is 0 Å². The van der Waals surface area contributed by atoms with Crippen LogP contribution in [0.3, 0.4) is 0 Å². The molecule has 0 fully saturated rings. The molecule has 1 unspecified atom stereocenters. The van der Waals surface area contributed by atoms with E-state index in [1.807, 2.05) is 17.4 Å². The third-order valence-electron chi connectivity index (χ3n) is 5.28. The molecule has 0 radical (unpaired) electrons. The number of benzene rings is 1. The Kier molecular flexibility index (Phi) is 7.00. The maximum absolute atomic E-state index is 5.30. The highest BCUT2D eigenvalue weighted by Gasteiger charge is 2.16. The van der Waals surface area contributed by atoms with Crippen molar-refractivity contribution in [1.82, 2.24) is 10.3 Å². The zero-order valence-corrected chi connectivity index (χ0v) is 17.3. The topological polar surface area (TPSA) is 37.0 Å². The molecule has 27 heavy (non-hydrogen) atoms. The highest BCUT2D eigenvalue weighted by atomic mass is 35.5. The first kappa shape index (κ1) is 20.0. The van der Waals surface area contributed by atoms with Crippen molar-refractivity contribution in [2.24, 2.45) is 0 Å². The van der Waals surface area contributed by atoms with Gasteiger partial charge in [-0.2, -0.15) is 0 Å². The summed E-state index contributed by atoms with van der Waals surface area (Å²) in [6, 6.07) is 11.3. The molecular formula is C22H27ClN2OS. The second kappa shape index (κ2) is 9.45. The van der Waals surface area contributed by atoms with Gasteiger partial charge < -0.3 is 15.0 Å². The molecule has 1 aliphatic heterocycles. The molecule has 2 aromatic heterocycles. The minimum atomic E-state index is 0. The van der Waals surface area contributed by atoms with Gasteiger partial charge in [-0.1, -0.05) is 18.6 Å². The fourth-order valence-corrected chi connectivity index (χ4v) is 4.62. The first-order valence-corrected chi connectivity index (χ1v) is 10.3. The molecule has 2 N–H and O–H groups in total. The Bertz CT molecular complexity index is 885. The van der Waals surface area contributed by atoms with Gasteiger partial charge in [0.25, 0.3) is 0 Å². The van der Waals surface area contributed by atoms with Crippen molar-refractivity contribution in [2.45, 2.75) is 38.1 Å². The summed E-state index contributed by atoms with van der Waals surface area (Å²) in [5, 5.41) is 7.15. The molecule has 4 rings (SSSR count). The standard InChI is InChI=1S/C22H26N2OS.ClH/c1-25-19-8-9-20-17(15-24-21(20)14-19)5-2-3-6-18-13-16(10-11-23-18)22-7-4-12-26-22;/h4,7-10,12,14-15,18,23-24H,2-3,5-6,11,13H2,1H3;1H. The van der Waals surface area contributed by atoms with Crippen LogP contribution in [0, 0.1) is 0 Å². The molecule has 3 aromatic rings. The van der Waals surface area contributed by atoms with Crippen molar-refractivity contribution < 1.29 is 4.74 Å². The Morgan fingerprint density at radius 2 is 2.15 bits per heavy atom. The number of hydrogen-bond acceptors (Lipinski definition) is 3. The van der Waals surface area contributed by atoms with Crippen molar-refractivity contribution in [1.29, 1.82) is 0 Å². The van der Waals surface area contributed by atoms with Crippen LogP contribution in [0.4, 0.5) is 0 Å². The minimum Gasteiger partial charge on any atom is -0.497 e. The summed E-state index contributed by atoms with van der Waals surface area (Å²) in [7, 11) is 1.71. The zero-order valence-electron chi connectivity index (χ0n) is 15.7. The van der Waals surface area contributed by atoms with Crippen LogP contribution in [-0.2, 0) is 6.42 Å². The molecule has 144 valence electrons. The molecule has 0 saturated carbocycles. The number of unbranched alkanes of at least 4 members (excludes halogenated alkanes) is 1. The number of methoxy groups -OCH3 is 1. The van der Waals surface area contributed by atoms with Crippen LogP contribution in [0.5, 0.6) is 5.75 Å². The molecule has 5 heteroatoms. The van der Waals surface area contributed by atoms with Gasteiger partial charge in [-0.05, 0) is 60.4 Å². The summed E-state index contributed by atoms with van der Waals surface area (Å²) in [6.07, 6.45) is 10.5. The number of ether oxygens (including phenoxy) is 1. The average Bonchev–Trinajstić information content (AvgIpc) is 3.35. The van der Waals surface area contributed by atoms with Crippen LogP contribution in [0.2, 0.25) is 0 Å². The normalized spacial score (nSPS) is 16.8. The van der Waals surface area contributed by atoms with Crippen molar-refractivity contribution in [3.05, 3.63) is 58.4 Å². The number of fused-ring (bicyclic) bond motifs is 1. The fourth-order valence-electron chi connectivity index (χ4n) is 3.84. The van der Waals surface area contributed by atoms with Crippen molar-refractivity contribution in [3.8, 4) is 5.75 Å². The maximum Gasteiger partial charge on any atom is 0.120 e. The number of H-pyrrole nitrogens is 1. The number of hydrogen-bond donors (Lipinski definition) is 2. The summed E-state index contributed by atoms with van der Waals surface area (Å²) in [5.41, 5.74) is 4.10. The number of nitrogens with one attached hydrogen (secondary N) is 2. The van der Waals surface area contributed by atoms with Crippen LogP contribution in [-0.4, -0.2) is 24.7 Å². The lowest BCUT2D eigenvalue weighted by Gasteiger charge is -2.24. The van der Waals surface area contributed by atoms with E-state index in [9.17, 15) is 0 Å². The van der Waals surface area contributed by atoms with E-state index in [1.54, 1.807) is 7.11 Å². The van der Waals surface area contributed by atoms with Crippen molar-refractivity contribution in [2.75, 3.05) is 13.7 Å². The van der Waals surface area contributed by atoms with Gasteiger partial charge in [0, 0.05) is 40.6 Å². The first-order chi connectivity index (χ1) is 12.8. The van der Waals surface area contributed by atoms with E-state index >= 15 is 0 Å². The maximum atomic E-state index is 5.30. The lowest BCUT2D eigenvalue weighted by atomic mass is 9.95. The Labute approximate surface area is 171 Å². The summed E-state index contributed by atoms with van der Waals surface area (Å²) in [6.45, 7) is 1.00. The monoisotopic (exact) mass is 402 g/mol. The highest BCUT2D eigenvalue weighted by molar-refractivity contribution is 7.11. The summed E-state index contributed by atoms with van der Waals surface area (Å²) in [5.74, 6) is 0.906. The van der Waals surface area contributed by atoms with E-state index in [2.05, 4.69) is 52.2 Å². The minimum absolute atomic E-state index is 0. The number of thiophene rings is 1. The summed E-state index contributed by atoms with van der Waals surface area (Å²) < 4.78 is 5.30. The lowest BCUT2D eigenvalue weighted by molar-refractivity contribution is 0.415. The molecule has 3 heterocycles. The molecule has 0 spiro atoms. The largest absolute Gasteiger partial charge is 0.497 e. The van der Waals surface area contributed by atoms with Gasteiger partial charge in [0.2, 0.25) is 0 Å². The Hall–Kier alpha value is -1.75. The van der Waals surface area contributed by atoms with E-state index in [4.69, 9.17) is 4.74 Å². The van der Waals surface area contributed by atoms with Crippen LogP contribution in [0.1, 0.15) is 36.1 Å². The van der Waals surface area contributed by atoms with E-state index in [0.717, 1.165) is 25.1 Å². The molecule has 0 bridgehead atoms. The molecule has 3 nitrogen and oxygen atoms in total. The van der Waals surface area contributed by atoms with E-state index in [1.165, 1.54) is 46.2 Å². The zero-order chi connectivity index (χ0) is 17.8. The predicted molar refractivity (Wildman–Crippen MR) is 118 cm³/mol.